The molecule has 1 atom stereocenters. The Morgan fingerprint density at radius 2 is 2.14 bits per heavy atom. The Hall–Kier alpha value is -1.43. The molecule has 1 aromatic rings. The minimum Gasteiger partial charge on any atom is -0.465 e. The van der Waals surface area contributed by atoms with Crippen LogP contribution in [0.25, 0.3) is 0 Å². The van der Waals surface area contributed by atoms with Crippen LogP contribution in [0.2, 0.25) is 0 Å². The number of nitrogens with zero attached hydrogens (tertiary/aromatic N) is 2. The van der Waals surface area contributed by atoms with Crippen LogP contribution in [0.3, 0.4) is 0 Å². The van der Waals surface area contributed by atoms with Crippen molar-refractivity contribution in [3.63, 3.8) is 0 Å². The van der Waals surface area contributed by atoms with Crippen molar-refractivity contribution in [2.24, 2.45) is 0 Å². The van der Waals surface area contributed by atoms with Crippen LogP contribution in [0.15, 0.2) is 4.52 Å². The Morgan fingerprint density at radius 1 is 1.33 bits per heavy atom. The van der Waals surface area contributed by atoms with E-state index >= 15 is 0 Å². The van der Waals surface area contributed by atoms with Gasteiger partial charge in [0.2, 0.25) is 11.7 Å². The van der Waals surface area contributed by atoms with E-state index in [4.69, 9.17) is 14.0 Å². The van der Waals surface area contributed by atoms with Gasteiger partial charge >= 0.3 is 5.97 Å². The lowest BCUT2D eigenvalue weighted by Crippen LogP contribution is -2.39. The molecule has 1 saturated carbocycles. The third-order valence-corrected chi connectivity index (χ3v) is 4.44. The van der Waals surface area contributed by atoms with E-state index in [1.807, 2.05) is 6.92 Å². The first-order valence-electron chi connectivity index (χ1n) is 7.89. The Bertz CT molecular complexity index is 488. The predicted octanol–water partition coefficient (Wildman–Crippen LogP) is 2.69. The van der Waals surface area contributed by atoms with Crippen LogP contribution in [0, 0.1) is 0 Å². The molecule has 0 aromatic carbocycles. The van der Waals surface area contributed by atoms with Gasteiger partial charge < -0.3 is 14.0 Å². The Balaban J connectivity index is 1.87. The predicted molar refractivity (Wildman–Crippen MR) is 73.6 cm³/mol. The topological polar surface area (TPSA) is 74.5 Å². The Morgan fingerprint density at radius 3 is 2.81 bits per heavy atom. The maximum atomic E-state index is 12.5. The van der Waals surface area contributed by atoms with Crippen LogP contribution >= 0.6 is 0 Å². The summed E-state index contributed by atoms with van der Waals surface area (Å²) in [7, 11) is 0. The zero-order valence-corrected chi connectivity index (χ0v) is 12.5. The van der Waals surface area contributed by atoms with Crippen molar-refractivity contribution < 1.29 is 18.8 Å². The fraction of sp³-hybridized carbons (Fsp3) is 0.800. The second kappa shape index (κ2) is 6.13. The maximum Gasteiger partial charge on any atom is 0.321 e. The second-order valence-corrected chi connectivity index (χ2v) is 5.82. The van der Waals surface area contributed by atoms with Crippen molar-refractivity contribution in [3.05, 3.63) is 11.7 Å². The first-order chi connectivity index (χ1) is 10.3. The van der Waals surface area contributed by atoms with Crippen molar-refractivity contribution in [2.75, 3.05) is 13.2 Å². The van der Waals surface area contributed by atoms with Crippen LogP contribution < -0.4 is 0 Å². The summed E-state index contributed by atoms with van der Waals surface area (Å²) in [4.78, 5) is 17.0. The van der Waals surface area contributed by atoms with E-state index in [2.05, 4.69) is 10.1 Å². The van der Waals surface area contributed by atoms with Gasteiger partial charge in [-0.3, -0.25) is 4.79 Å². The van der Waals surface area contributed by atoms with Crippen molar-refractivity contribution >= 4 is 5.97 Å². The molecule has 2 fully saturated rings. The highest BCUT2D eigenvalue weighted by Gasteiger charge is 2.48. The van der Waals surface area contributed by atoms with E-state index in [1.165, 1.54) is 0 Å². The molecule has 21 heavy (non-hydrogen) atoms. The molecule has 1 aliphatic carbocycles. The molecule has 0 amide bonds. The first-order valence-corrected chi connectivity index (χ1v) is 7.89. The quantitative estimate of drug-likeness (QED) is 0.795. The number of carbonyl (C=O) groups excluding carboxylic acids is 1. The van der Waals surface area contributed by atoms with E-state index in [9.17, 15) is 4.79 Å². The largest absolute Gasteiger partial charge is 0.465 e. The summed E-state index contributed by atoms with van der Waals surface area (Å²) in [6.07, 6.45) is 6.37. The van der Waals surface area contributed by atoms with E-state index in [-0.39, 0.29) is 12.1 Å². The average Bonchev–Trinajstić information content (AvgIpc) is 3.19. The van der Waals surface area contributed by atoms with Crippen LogP contribution in [-0.2, 0) is 19.7 Å². The number of carbonyl (C=O) groups is 1. The number of rotatable bonds is 4. The van der Waals surface area contributed by atoms with Crippen molar-refractivity contribution in [2.45, 2.75) is 63.4 Å². The van der Waals surface area contributed by atoms with Gasteiger partial charge in [0.15, 0.2) is 0 Å². The lowest BCUT2D eigenvalue weighted by atomic mass is 9.74. The fourth-order valence-electron chi connectivity index (χ4n) is 3.27. The lowest BCUT2D eigenvalue weighted by Gasteiger charge is -2.31. The van der Waals surface area contributed by atoms with Gasteiger partial charge in [-0.2, -0.15) is 4.98 Å². The van der Waals surface area contributed by atoms with Gasteiger partial charge in [0, 0.05) is 6.61 Å². The van der Waals surface area contributed by atoms with Gasteiger partial charge in [-0.1, -0.05) is 24.4 Å². The molecule has 116 valence electrons. The van der Waals surface area contributed by atoms with Crippen molar-refractivity contribution in [1.82, 2.24) is 10.1 Å². The lowest BCUT2D eigenvalue weighted by molar-refractivity contribution is -0.152. The highest BCUT2D eigenvalue weighted by molar-refractivity contribution is 5.82. The molecule has 1 saturated heterocycles. The monoisotopic (exact) mass is 294 g/mol. The molecule has 0 spiro atoms. The number of ether oxygens (including phenoxy) is 2. The summed E-state index contributed by atoms with van der Waals surface area (Å²) < 4.78 is 16.3. The molecule has 1 aliphatic heterocycles. The van der Waals surface area contributed by atoms with Gasteiger partial charge in [0.1, 0.15) is 11.5 Å². The SMILES string of the molecule is CCOC(=O)C1(c2nc(C3CCCO3)no2)CCCCC1. The van der Waals surface area contributed by atoms with Crippen molar-refractivity contribution in [1.29, 1.82) is 0 Å². The van der Waals surface area contributed by atoms with Crippen LogP contribution in [0.5, 0.6) is 0 Å². The molecule has 6 nitrogen and oxygen atoms in total. The van der Waals surface area contributed by atoms with Gasteiger partial charge in [-0.15, -0.1) is 0 Å². The molecular formula is C15H22N2O4. The van der Waals surface area contributed by atoms with Gasteiger partial charge in [0.25, 0.3) is 0 Å². The van der Waals surface area contributed by atoms with Crippen LogP contribution in [0.1, 0.15) is 69.7 Å². The van der Waals surface area contributed by atoms with E-state index in [1.54, 1.807) is 0 Å². The van der Waals surface area contributed by atoms with Gasteiger partial charge in [-0.05, 0) is 32.6 Å². The number of aromatic nitrogens is 2. The first kappa shape index (κ1) is 14.5. The second-order valence-electron chi connectivity index (χ2n) is 5.82. The summed E-state index contributed by atoms with van der Waals surface area (Å²) in [6, 6.07) is 0. The summed E-state index contributed by atoms with van der Waals surface area (Å²) in [6.45, 7) is 2.92. The van der Waals surface area contributed by atoms with Crippen LogP contribution in [0.4, 0.5) is 0 Å². The normalized spacial score (nSPS) is 24.9. The summed E-state index contributed by atoms with van der Waals surface area (Å²) in [5.74, 6) is 0.745. The van der Waals surface area contributed by atoms with Crippen LogP contribution in [-0.4, -0.2) is 29.3 Å². The molecule has 2 heterocycles. The molecule has 0 radical (unpaired) electrons. The minimum atomic E-state index is -0.752. The summed E-state index contributed by atoms with van der Waals surface area (Å²) >= 11 is 0. The van der Waals surface area contributed by atoms with E-state index in [0.717, 1.165) is 51.6 Å². The fourth-order valence-corrected chi connectivity index (χ4v) is 3.27. The molecule has 1 unspecified atom stereocenters. The molecule has 3 rings (SSSR count). The molecule has 0 N–H and O–H groups in total. The summed E-state index contributed by atoms with van der Waals surface area (Å²) in [5.41, 5.74) is -0.752. The van der Waals surface area contributed by atoms with E-state index < -0.39 is 5.41 Å². The highest BCUT2D eigenvalue weighted by Crippen LogP contribution is 2.40. The number of hydrogen-bond donors (Lipinski definition) is 0. The highest BCUT2D eigenvalue weighted by atomic mass is 16.5. The molecular weight excluding hydrogens is 272 g/mol. The Kier molecular flexibility index (Phi) is 4.24. The Labute approximate surface area is 124 Å². The zero-order chi connectivity index (χ0) is 14.7. The molecule has 1 aromatic heterocycles. The third-order valence-electron chi connectivity index (χ3n) is 4.44. The van der Waals surface area contributed by atoms with Gasteiger partial charge in [-0.25, -0.2) is 0 Å². The number of hydrogen-bond acceptors (Lipinski definition) is 6. The minimum absolute atomic E-state index is 0.0923. The van der Waals surface area contributed by atoms with Crippen molar-refractivity contribution in [3.8, 4) is 0 Å². The molecule has 2 aliphatic rings. The zero-order valence-electron chi connectivity index (χ0n) is 12.5. The van der Waals surface area contributed by atoms with Gasteiger partial charge in [0.05, 0.1) is 6.61 Å². The third kappa shape index (κ3) is 2.69. The van der Waals surface area contributed by atoms with E-state index in [0.29, 0.717) is 18.3 Å². The molecule has 6 heteroatoms. The molecule has 0 bridgehead atoms. The summed E-state index contributed by atoms with van der Waals surface area (Å²) in [5, 5.41) is 4.04. The average molecular weight is 294 g/mol. The smallest absolute Gasteiger partial charge is 0.321 e. The maximum absolute atomic E-state index is 12.5. The number of esters is 1. The standard InChI is InChI=1S/C15H22N2O4/c1-2-19-14(18)15(8-4-3-5-9-15)13-16-12(17-21-13)11-7-6-10-20-11/h11H,2-10H2,1H3.